The fourth-order valence-corrected chi connectivity index (χ4v) is 3.32. The molecular weight excluding hydrogens is 547 g/mol. The highest BCUT2D eigenvalue weighted by atomic mass is 35.5. The van der Waals surface area contributed by atoms with E-state index in [4.69, 9.17) is 22.6 Å². The lowest BCUT2D eigenvalue weighted by Gasteiger charge is -2.16. The van der Waals surface area contributed by atoms with Crippen molar-refractivity contribution in [3.8, 4) is 11.8 Å². The maximum absolute atomic E-state index is 13.0. The largest absolute Gasteiger partial charge is 0.416 e. The van der Waals surface area contributed by atoms with Crippen molar-refractivity contribution in [2.24, 2.45) is 0 Å². The van der Waals surface area contributed by atoms with Gasteiger partial charge in [-0.05, 0) is 30.3 Å². The third-order valence-corrected chi connectivity index (χ3v) is 4.83. The zero-order chi connectivity index (χ0) is 27.9. The maximum Gasteiger partial charge on any atom is 0.416 e. The van der Waals surface area contributed by atoms with Crippen LogP contribution in [0, 0.1) is 11.3 Å². The van der Waals surface area contributed by atoms with E-state index >= 15 is 0 Å². The van der Waals surface area contributed by atoms with Crippen LogP contribution in [-0.2, 0) is 18.5 Å². The molecule has 3 rings (SSSR count). The fraction of sp³-hybridized carbons (Fsp3) is 0.150. The van der Waals surface area contributed by atoms with E-state index in [1.807, 2.05) is 5.32 Å². The summed E-state index contributed by atoms with van der Waals surface area (Å²) in [7, 11) is 0. The fourth-order valence-electron chi connectivity index (χ4n) is 3.01. The highest BCUT2D eigenvalue weighted by molar-refractivity contribution is 6.33. The second kappa shape index (κ2) is 9.39. The zero-order valence-electron chi connectivity index (χ0n) is 17.6. The number of aromatic nitrogens is 2. The minimum atomic E-state index is -5.18. The average molecular weight is 557 g/mol. The van der Waals surface area contributed by atoms with Crippen molar-refractivity contribution >= 4 is 34.8 Å². The molecule has 0 fully saturated rings. The molecule has 1 aromatic heterocycles. The Hall–Kier alpha value is -4.13. The summed E-state index contributed by atoms with van der Waals surface area (Å²) in [6.45, 7) is 0. The van der Waals surface area contributed by atoms with Gasteiger partial charge in [-0.2, -0.15) is 49.9 Å². The first-order valence-corrected chi connectivity index (χ1v) is 9.82. The number of benzene rings is 2. The maximum atomic E-state index is 13.0. The van der Waals surface area contributed by atoms with E-state index < -0.39 is 74.8 Å². The smallest absolute Gasteiger partial charge is 0.397 e. The van der Waals surface area contributed by atoms with Crippen LogP contribution in [0.3, 0.4) is 0 Å². The second-order valence-corrected chi connectivity index (χ2v) is 7.61. The molecule has 0 aliphatic carbocycles. The number of nitriles is 1. The third-order valence-electron chi connectivity index (χ3n) is 4.54. The van der Waals surface area contributed by atoms with Crippen molar-refractivity contribution in [1.82, 2.24) is 9.78 Å². The molecule has 0 aliphatic heterocycles. The molecule has 37 heavy (non-hydrogen) atoms. The van der Waals surface area contributed by atoms with Crippen LogP contribution in [0.1, 0.15) is 22.4 Å². The molecule has 0 atom stereocenters. The Morgan fingerprint density at radius 2 is 1.38 bits per heavy atom. The second-order valence-electron chi connectivity index (χ2n) is 7.21. The van der Waals surface area contributed by atoms with Gasteiger partial charge >= 0.3 is 24.6 Å². The molecule has 0 radical (unpaired) electrons. The van der Waals surface area contributed by atoms with Gasteiger partial charge < -0.3 is 11.1 Å². The number of amides is 2. The minimum absolute atomic E-state index is 0.146. The van der Waals surface area contributed by atoms with Gasteiger partial charge in [0.05, 0.1) is 27.4 Å². The van der Waals surface area contributed by atoms with E-state index in [-0.39, 0.29) is 18.2 Å². The summed E-state index contributed by atoms with van der Waals surface area (Å²) >= 11 is 5.92. The quantitative estimate of drug-likeness (QED) is 0.247. The van der Waals surface area contributed by atoms with E-state index in [2.05, 4.69) is 5.10 Å². The summed E-state index contributed by atoms with van der Waals surface area (Å²) in [6, 6.07) is 2.44. The summed E-state index contributed by atoms with van der Waals surface area (Å²) < 4.78 is 118. The number of carbonyl (C=O) groups excluding carboxylic acids is 1. The highest BCUT2D eigenvalue weighted by Crippen LogP contribution is 2.39. The van der Waals surface area contributed by atoms with Crippen molar-refractivity contribution < 1.29 is 44.3 Å². The number of hydrogen-bond donors (Lipinski definition) is 3. The van der Waals surface area contributed by atoms with Crippen LogP contribution in [0.15, 0.2) is 36.4 Å². The SMILES string of the molecule is N#Cc1cc(NC(=O)Nc2cc(C(F)(F)F)cc(C(F)(F)F)c2)n(-c2c(N)cc(C(F)(F)F)cc2Cl)n1. The van der Waals surface area contributed by atoms with Crippen LogP contribution in [0.4, 0.5) is 61.5 Å². The van der Waals surface area contributed by atoms with Gasteiger partial charge in [0.2, 0.25) is 0 Å². The number of rotatable bonds is 3. The van der Waals surface area contributed by atoms with Crippen molar-refractivity contribution in [1.29, 1.82) is 5.26 Å². The predicted octanol–water partition coefficient (Wildman–Crippen LogP) is 6.68. The van der Waals surface area contributed by atoms with Crippen molar-refractivity contribution in [2.45, 2.75) is 18.5 Å². The van der Waals surface area contributed by atoms with Gasteiger partial charge in [-0.25, -0.2) is 9.48 Å². The topological polar surface area (TPSA) is 109 Å². The number of hydrogen-bond acceptors (Lipinski definition) is 4. The molecule has 1 heterocycles. The van der Waals surface area contributed by atoms with Crippen LogP contribution in [-0.4, -0.2) is 15.8 Å². The molecule has 0 saturated heterocycles. The Morgan fingerprint density at radius 3 is 1.84 bits per heavy atom. The Balaban J connectivity index is 1.99. The third kappa shape index (κ3) is 6.17. The number of halogens is 10. The number of anilines is 3. The van der Waals surface area contributed by atoms with Gasteiger partial charge in [-0.1, -0.05) is 11.6 Å². The number of nitrogens with one attached hydrogen (secondary N) is 2. The van der Waals surface area contributed by atoms with E-state index in [0.29, 0.717) is 16.8 Å². The zero-order valence-corrected chi connectivity index (χ0v) is 18.3. The lowest BCUT2D eigenvalue weighted by molar-refractivity contribution is -0.143. The van der Waals surface area contributed by atoms with Crippen LogP contribution >= 0.6 is 11.6 Å². The van der Waals surface area contributed by atoms with E-state index in [9.17, 15) is 44.3 Å². The molecule has 0 saturated carbocycles. The molecule has 0 spiro atoms. The van der Waals surface area contributed by atoms with Crippen molar-refractivity contribution in [3.63, 3.8) is 0 Å². The molecule has 3 aromatic rings. The van der Waals surface area contributed by atoms with Crippen molar-refractivity contribution in [3.05, 3.63) is 63.8 Å². The Labute approximate surface area is 205 Å². The van der Waals surface area contributed by atoms with Gasteiger partial charge in [0.1, 0.15) is 17.6 Å². The van der Waals surface area contributed by atoms with Gasteiger partial charge in [-0.3, -0.25) is 5.32 Å². The van der Waals surface area contributed by atoms with E-state index in [1.165, 1.54) is 0 Å². The van der Waals surface area contributed by atoms with Gasteiger partial charge in [0.15, 0.2) is 5.69 Å². The Kier molecular flexibility index (Phi) is 6.97. The number of nitrogens with zero attached hydrogens (tertiary/aromatic N) is 3. The first kappa shape index (κ1) is 27.5. The molecule has 196 valence electrons. The Bertz CT molecular complexity index is 1350. The molecule has 17 heteroatoms. The lowest BCUT2D eigenvalue weighted by Crippen LogP contribution is -2.22. The molecular formula is C20H10ClF9N6O. The molecule has 0 bridgehead atoms. The number of carbonyl (C=O) groups is 1. The number of nitrogens with two attached hydrogens (primary N) is 1. The summed E-state index contributed by atoms with van der Waals surface area (Å²) in [5.41, 5.74) is -1.21. The van der Waals surface area contributed by atoms with Gasteiger partial charge in [0.25, 0.3) is 0 Å². The molecule has 2 amide bonds. The van der Waals surface area contributed by atoms with E-state index in [0.717, 1.165) is 6.07 Å². The molecule has 0 unspecified atom stereocenters. The van der Waals surface area contributed by atoms with Crippen LogP contribution in [0.2, 0.25) is 5.02 Å². The Morgan fingerprint density at radius 1 is 0.865 bits per heavy atom. The van der Waals surface area contributed by atoms with E-state index in [1.54, 1.807) is 11.4 Å². The van der Waals surface area contributed by atoms with Crippen molar-refractivity contribution in [2.75, 3.05) is 16.4 Å². The van der Waals surface area contributed by atoms with Gasteiger partial charge in [0, 0.05) is 11.8 Å². The van der Waals surface area contributed by atoms with Crippen LogP contribution in [0.5, 0.6) is 0 Å². The van der Waals surface area contributed by atoms with Gasteiger partial charge in [-0.15, -0.1) is 0 Å². The summed E-state index contributed by atoms with van der Waals surface area (Å²) in [5.74, 6) is -0.453. The standard InChI is InChI=1S/C20H10ClF9N6O/c21-13-4-10(20(28,29)30)5-14(32)16(13)36-15(6-12(7-31)35-36)34-17(37)33-11-2-8(18(22,23)24)1-9(3-11)19(25,26)27/h1-6H,32H2,(H2,33,34,37). The minimum Gasteiger partial charge on any atom is -0.397 e. The summed E-state index contributed by atoms with van der Waals surface area (Å²) in [5, 5.41) is 16.1. The lowest BCUT2D eigenvalue weighted by atomic mass is 10.1. The van der Waals surface area contributed by atoms with Crippen LogP contribution < -0.4 is 16.4 Å². The summed E-state index contributed by atoms with van der Waals surface area (Å²) in [4.78, 5) is 12.4. The first-order chi connectivity index (χ1) is 16.9. The number of alkyl halides is 9. The molecule has 4 N–H and O–H groups in total. The summed E-state index contributed by atoms with van der Waals surface area (Å²) in [6.07, 6.45) is -15.2. The molecule has 2 aromatic carbocycles. The first-order valence-electron chi connectivity index (χ1n) is 9.44. The normalized spacial score (nSPS) is 12.2. The number of nitrogen functional groups attached to an aromatic ring is 1. The predicted molar refractivity (Wildman–Crippen MR) is 112 cm³/mol. The number of urea groups is 1. The monoisotopic (exact) mass is 556 g/mol. The highest BCUT2D eigenvalue weighted by Gasteiger charge is 2.37. The molecule has 0 aliphatic rings. The molecule has 7 nitrogen and oxygen atoms in total. The average Bonchev–Trinajstić information content (AvgIpc) is 3.13. The van der Waals surface area contributed by atoms with Crippen LogP contribution in [0.25, 0.3) is 5.69 Å².